The Bertz CT molecular complexity index is 453. The van der Waals surface area contributed by atoms with Crippen LogP contribution in [-0.2, 0) is 19.1 Å². The highest BCUT2D eigenvalue weighted by Gasteiger charge is 2.48. The molecule has 0 aromatic heterocycles. The average Bonchev–Trinajstić information content (AvgIpc) is 2.36. The van der Waals surface area contributed by atoms with E-state index in [9.17, 15) is 19.5 Å². The molecule has 0 aromatic rings. The van der Waals surface area contributed by atoms with Gasteiger partial charge in [0.1, 0.15) is 11.8 Å². The predicted octanol–water partition coefficient (Wildman–Crippen LogP) is -0.877. The normalized spacial score (nSPS) is 36.8. The summed E-state index contributed by atoms with van der Waals surface area (Å²) >= 11 is 0. The van der Waals surface area contributed by atoms with Crippen LogP contribution in [0, 0.1) is 5.92 Å². The van der Waals surface area contributed by atoms with E-state index in [0.29, 0.717) is 0 Å². The number of carbonyl (C=O) groups is 3. The van der Waals surface area contributed by atoms with E-state index in [1.165, 1.54) is 6.92 Å². The van der Waals surface area contributed by atoms with Crippen molar-refractivity contribution in [1.29, 1.82) is 0 Å². The Kier molecular flexibility index (Phi) is 4.63. The Labute approximate surface area is 123 Å². The first kappa shape index (κ1) is 15.9. The number of aliphatic hydroxyl groups excluding tert-OH is 1. The minimum absolute atomic E-state index is 0.0383. The molecule has 2 aliphatic rings. The third-order valence-corrected chi connectivity index (χ3v) is 4.19. The van der Waals surface area contributed by atoms with Gasteiger partial charge >= 0.3 is 0 Å². The fourth-order valence-corrected chi connectivity index (χ4v) is 3.15. The Morgan fingerprint density at radius 3 is 2.67 bits per heavy atom. The van der Waals surface area contributed by atoms with E-state index >= 15 is 0 Å². The van der Waals surface area contributed by atoms with Crippen LogP contribution in [0.15, 0.2) is 0 Å². The van der Waals surface area contributed by atoms with Crippen LogP contribution >= 0.6 is 0 Å². The van der Waals surface area contributed by atoms with E-state index in [0.717, 1.165) is 0 Å². The zero-order chi connectivity index (χ0) is 15.7. The SMILES string of the molecule is CC(=O)N[C@@H](C)C(=O)N[C@@H]1C2CC(=O)CC(O[C@@H]1C)C2O. The topological polar surface area (TPSA) is 105 Å². The quantitative estimate of drug-likeness (QED) is 0.628. The third kappa shape index (κ3) is 3.41. The number of ketones is 1. The highest BCUT2D eigenvalue weighted by atomic mass is 16.5. The minimum Gasteiger partial charge on any atom is -0.390 e. The van der Waals surface area contributed by atoms with Crippen molar-refractivity contribution in [2.24, 2.45) is 5.92 Å². The van der Waals surface area contributed by atoms with Crippen LogP contribution in [0.5, 0.6) is 0 Å². The lowest BCUT2D eigenvalue weighted by Crippen LogP contribution is -2.63. The standard InChI is InChI=1S/C14H22N2O5/c1-6(15-8(3)17)14(20)16-12-7(2)21-11-5-9(18)4-10(12)13(11)19/h6-7,10-13,19H,4-5H2,1-3H3,(H,15,17)(H,16,20)/t6-,7+,10?,11?,12-,13?/m0/s1. The number of rotatable bonds is 3. The maximum atomic E-state index is 12.1. The molecule has 0 spiro atoms. The van der Waals surface area contributed by atoms with Crippen LogP contribution in [0.1, 0.15) is 33.6 Å². The van der Waals surface area contributed by atoms with Crippen LogP contribution < -0.4 is 10.6 Å². The number of aliphatic hydroxyl groups is 1. The van der Waals surface area contributed by atoms with Gasteiger partial charge in [0.05, 0.1) is 24.4 Å². The maximum absolute atomic E-state index is 12.1. The largest absolute Gasteiger partial charge is 0.390 e. The van der Waals surface area contributed by atoms with Gasteiger partial charge in [-0.2, -0.15) is 0 Å². The van der Waals surface area contributed by atoms with Crippen molar-refractivity contribution in [3.8, 4) is 0 Å². The number of fused-ring (bicyclic) bond motifs is 2. The number of hydrogen-bond acceptors (Lipinski definition) is 5. The van der Waals surface area contributed by atoms with Gasteiger partial charge in [0.2, 0.25) is 11.8 Å². The van der Waals surface area contributed by atoms with Crippen molar-refractivity contribution in [1.82, 2.24) is 10.6 Å². The number of Topliss-reactive ketones (excluding diaryl/α,β-unsaturated/α-hetero) is 1. The number of nitrogens with one attached hydrogen (secondary N) is 2. The molecule has 1 saturated carbocycles. The van der Waals surface area contributed by atoms with E-state index in [2.05, 4.69) is 10.6 Å². The summed E-state index contributed by atoms with van der Waals surface area (Å²) in [6.45, 7) is 4.73. The molecule has 6 atom stereocenters. The lowest BCUT2D eigenvalue weighted by Gasteiger charge is -2.47. The molecule has 2 bridgehead atoms. The van der Waals surface area contributed by atoms with Crippen molar-refractivity contribution < 1.29 is 24.2 Å². The summed E-state index contributed by atoms with van der Waals surface area (Å²) in [6.07, 6.45) is -1.05. The summed E-state index contributed by atoms with van der Waals surface area (Å²) in [5, 5.41) is 15.5. The van der Waals surface area contributed by atoms with Crippen LogP contribution in [0.4, 0.5) is 0 Å². The minimum atomic E-state index is -0.750. The summed E-state index contributed by atoms with van der Waals surface area (Å²) in [4.78, 5) is 34.8. The van der Waals surface area contributed by atoms with Gasteiger partial charge in [0.25, 0.3) is 0 Å². The molecule has 2 amide bonds. The van der Waals surface area contributed by atoms with Crippen LogP contribution in [0.25, 0.3) is 0 Å². The van der Waals surface area contributed by atoms with Gasteiger partial charge in [0, 0.05) is 25.7 Å². The molecule has 1 aliphatic carbocycles. The third-order valence-electron chi connectivity index (χ3n) is 4.19. The van der Waals surface area contributed by atoms with Gasteiger partial charge in [-0.3, -0.25) is 14.4 Å². The molecule has 2 fully saturated rings. The summed E-state index contributed by atoms with van der Waals surface area (Å²) in [7, 11) is 0. The van der Waals surface area contributed by atoms with E-state index in [4.69, 9.17) is 4.74 Å². The second kappa shape index (κ2) is 6.11. The molecular weight excluding hydrogens is 276 g/mol. The molecule has 1 heterocycles. The van der Waals surface area contributed by atoms with Gasteiger partial charge in [0.15, 0.2) is 0 Å². The molecule has 7 heteroatoms. The predicted molar refractivity (Wildman–Crippen MR) is 73.3 cm³/mol. The fourth-order valence-electron chi connectivity index (χ4n) is 3.15. The number of carbonyl (C=O) groups excluding carboxylic acids is 3. The number of ether oxygens (including phenoxy) is 1. The molecule has 1 aliphatic heterocycles. The van der Waals surface area contributed by atoms with Crippen LogP contribution in [-0.4, -0.2) is 53.1 Å². The molecule has 2 rings (SSSR count). The molecule has 3 unspecified atom stereocenters. The molecule has 7 nitrogen and oxygen atoms in total. The Balaban J connectivity index is 2.05. The molecular formula is C14H22N2O5. The van der Waals surface area contributed by atoms with Crippen molar-refractivity contribution in [2.45, 2.75) is 64.0 Å². The summed E-state index contributed by atoms with van der Waals surface area (Å²) in [5.74, 6) is -0.947. The molecule has 0 radical (unpaired) electrons. The number of hydrogen-bond donors (Lipinski definition) is 3. The highest BCUT2D eigenvalue weighted by molar-refractivity contribution is 5.87. The van der Waals surface area contributed by atoms with Gasteiger partial charge in [-0.25, -0.2) is 0 Å². The Hall–Kier alpha value is -1.47. The summed E-state index contributed by atoms with van der Waals surface area (Å²) in [5.41, 5.74) is 0. The van der Waals surface area contributed by atoms with Gasteiger partial charge < -0.3 is 20.5 Å². The monoisotopic (exact) mass is 298 g/mol. The molecule has 0 aromatic carbocycles. The lowest BCUT2D eigenvalue weighted by molar-refractivity contribution is -0.180. The smallest absolute Gasteiger partial charge is 0.242 e. The molecule has 1 saturated heterocycles. The zero-order valence-corrected chi connectivity index (χ0v) is 12.5. The van der Waals surface area contributed by atoms with Crippen molar-refractivity contribution >= 4 is 17.6 Å². The maximum Gasteiger partial charge on any atom is 0.242 e. The van der Waals surface area contributed by atoms with E-state index in [1.54, 1.807) is 6.92 Å². The Morgan fingerprint density at radius 1 is 1.38 bits per heavy atom. The van der Waals surface area contributed by atoms with Crippen molar-refractivity contribution in [3.63, 3.8) is 0 Å². The first-order valence-electron chi connectivity index (χ1n) is 7.22. The fraction of sp³-hybridized carbons (Fsp3) is 0.786. The molecule has 118 valence electrons. The van der Waals surface area contributed by atoms with Crippen LogP contribution in [0.3, 0.4) is 0 Å². The lowest BCUT2D eigenvalue weighted by atomic mass is 9.75. The van der Waals surface area contributed by atoms with Crippen molar-refractivity contribution in [3.05, 3.63) is 0 Å². The highest BCUT2D eigenvalue weighted by Crippen LogP contribution is 2.35. The van der Waals surface area contributed by atoms with Gasteiger partial charge in [-0.15, -0.1) is 0 Å². The van der Waals surface area contributed by atoms with Gasteiger partial charge in [-0.1, -0.05) is 0 Å². The Morgan fingerprint density at radius 2 is 2.05 bits per heavy atom. The average molecular weight is 298 g/mol. The first-order valence-corrected chi connectivity index (χ1v) is 7.22. The van der Waals surface area contributed by atoms with E-state index in [1.807, 2.05) is 6.92 Å². The number of amides is 2. The second-order valence-electron chi connectivity index (χ2n) is 5.94. The summed E-state index contributed by atoms with van der Waals surface area (Å²) in [6, 6.07) is -1.12. The first-order chi connectivity index (χ1) is 9.79. The molecule has 3 N–H and O–H groups in total. The summed E-state index contributed by atoms with van der Waals surface area (Å²) < 4.78 is 5.64. The zero-order valence-electron chi connectivity index (χ0n) is 12.5. The molecule has 21 heavy (non-hydrogen) atoms. The second-order valence-corrected chi connectivity index (χ2v) is 5.94. The van der Waals surface area contributed by atoms with E-state index in [-0.39, 0.29) is 42.5 Å². The van der Waals surface area contributed by atoms with Gasteiger partial charge in [-0.05, 0) is 13.8 Å². The van der Waals surface area contributed by atoms with Crippen molar-refractivity contribution in [2.75, 3.05) is 0 Å². The van der Waals surface area contributed by atoms with E-state index < -0.39 is 24.3 Å². The van der Waals surface area contributed by atoms with Crippen LogP contribution in [0.2, 0.25) is 0 Å².